The molecule has 9 nitrogen and oxygen atoms in total. The summed E-state index contributed by atoms with van der Waals surface area (Å²) < 4.78 is 23.3. The number of sulfone groups is 1. The van der Waals surface area contributed by atoms with Gasteiger partial charge in [0.25, 0.3) is 11.6 Å². The van der Waals surface area contributed by atoms with E-state index in [1.807, 2.05) is 54.6 Å². The first-order valence-electron chi connectivity index (χ1n) is 11.5. The quantitative estimate of drug-likeness (QED) is 0.298. The van der Waals surface area contributed by atoms with Gasteiger partial charge in [-0.2, -0.15) is 0 Å². The van der Waals surface area contributed by atoms with E-state index in [9.17, 15) is 23.3 Å². The maximum atomic E-state index is 13.0. The second-order valence-electron chi connectivity index (χ2n) is 8.81. The van der Waals surface area contributed by atoms with E-state index in [1.165, 1.54) is 12.1 Å². The van der Waals surface area contributed by atoms with Gasteiger partial charge in [0.1, 0.15) is 0 Å². The van der Waals surface area contributed by atoms with E-state index in [0.29, 0.717) is 42.2 Å². The molecule has 1 amide bonds. The zero-order chi connectivity index (χ0) is 25.3. The van der Waals surface area contributed by atoms with Crippen LogP contribution in [0.4, 0.5) is 17.1 Å². The minimum Gasteiger partial charge on any atom is -0.354 e. The van der Waals surface area contributed by atoms with E-state index in [4.69, 9.17) is 0 Å². The van der Waals surface area contributed by atoms with Gasteiger partial charge in [0.2, 0.25) is 0 Å². The van der Waals surface area contributed by atoms with Crippen molar-refractivity contribution in [3.05, 3.63) is 99.6 Å². The number of carbonyl (C=O) groups excluding carboxylic acids is 1. The summed E-state index contributed by atoms with van der Waals surface area (Å²) in [7, 11) is -2.92. The van der Waals surface area contributed by atoms with E-state index in [1.54, 1.807) is 6.07 Å². The standard InChI is InChI=1S/C26H24N4O5S/c31-26-24(22-16-21(30(32)33)10-11-23(22)28-26)25(19-4-2-1-3-5-19)27-20-8-6-18(7-9-20)17-29-12-14-36(34,35)15-13-29/h1-11,16,27H,12-15,17H2,(H,28,31). The second-order valence-corrected chi connectivity index (χ2v) is 11.1. The van der Waals surface area contributed by atoms with Crippen LogP contribution in [-0.2, 0) is 21.2 Å². The largest absolute Gasteiger partial charge is 0.354 e. The first-order valence-corrected chi connectivity index (χ1v) is 13.3. The molecule has 0 spiro atoms. The van der Waals surface area contributed by atoms with Crippen LogP contribution < -0.4 is 10.6 Å². The molecule has 0 unspecified atom stereocenters. The van der Waals surface area contributed by atoms with Gasteiger partial charge in [-0.25, -0.2) is 8.42 Å². The predicted molar refractivity (Wildman–Crippen MR) is 139 cm³/mol. The zero-order valence-electron chi connectivity index (χ0n) is 19.3. The Kier molecular flexibility index (Phi) is 6.29. The van der Waals surface area contributed by atoms with Crippen LogP contribution in [0.1, 0.15) is 16.7 Å². The lowest BCUT2D eigenvalue weighted by Crippen LogP contribution is -2.39. The Bertz CT molecular complexity index is 1450. The molecule has 2 aliphatic rings. The number of carbonyl (C=O) groups is 1. The first kappa shape index (κ1) is 23.7. The number of fused-ring (bicyclic) bond motifs is 1. The molecule has 2 aliphatic heterocycles. The Hall–Kier alpha value is -4.02. The maximum Gasteiger partial charge on any atom is 0.270 e. The minimum atomic E-state index is -2.92. The highest BCUT2D eigenvalue weighted by Gasteiger charge is 2.30. The van der Waals surface area contributed by atoms with Crippen molar-refractivity contribution in [2.24, 2.45) is 0 Å². The Balaban J connectivity index is 1.46. The number of hydrogen-bond acceptors (Lipinski definition) is 7. The van der Waals surface area contributed by atoms with Crippen molar-refractivity contribution < 1.29 is 18.1 Å². The van der Waals surface area contributed by atoms with E-state index in [2.05, 4.69) is 15.5 Å². The lowest BCUT2D eigenvalue weighted by atomic mass is 9.99. The number of amides is 1. The molecule has 0 aromatic heterocycles. The highest BCUT2D eigenvalue weighted by molar-refractivity contribution is 7.91. The lowest BCUT2D eigenvalue weighted by Gasteiger charge is -2.26. The Labute approximate surface area is 208 Å². The summed E-state index contributed by atoms with van der Waals surface area (Å²) in [6, 6.07) is 21.4. The number of nitrogens with zero attached hydrogens (tertiary/aromatic N) is 2. The summed E-state index contributed by atoms with van der Waals surface area (Å²) in [6.45, 7) is 1.70. The topological polar surface area (TPSA) is 122 Å². The number of nitro benzene ring substituents is 1. The molecule has 0 atom stereocenters. The molecule has 10 heteroatoms. The van der Waals surface area contributed by atoms with E-state index in [0.717, 1.165) is 16.8 Å². The molecule has 5 rings (SSSR count). The summed E-state index contributed by atoms with van der Waals surface area (Å²) in [5, 5.41) is 17.5. The van der Waals surface area contributed by atoms with E-state index < -0.39 is 14.8 Å². The summed E-state index contributed by atoms with van der Waals surface area (Å²) >= 11 is 0. The molecule has 3 aromatic rings. The van der Waals surface area contributed by atoms with Gasteiger partial charge in [0.15, 0.2) is 9.84 Å². The van der Waals surface area contributed by atoms with Crippen molar-refractivity contribution in [3.63, 3.8) is 0 Å². The van der Waals surface area contributed by atoms with Gasteiger partial charge in [-0.05, 0) is 29.3 Å². The van der Waals surface area contributed by atoms with Crippen molar-refractivity contribution in [3.8, 4) is 0 Å². The van der Waals surface area contributed by atoms with E-state index in [-0.39, 0.29) is 23.1 Å². The third-order valence-electron chi connectivity index (χ3n) is 6.34. The number of anilines is 2. The third kappa shape index (κ3) is 5.00. The lowest BCUT2D eigenvalue weighted by molar-refractivity contribution is -0.384. The van der Waals surface area contributed by atoms with Gasteiger partial charge in [0, 0.05) is 48.7 Å². The van der Waals surface area contributed by atoms with Crippen LogP contribution in [0.2, 0.25) is 0 Å². The summed E-state index contributed by atoms with van der Waals surface area (Å²) in [6.07, 6.45) is 0. The molecule has 0 bridgehead atoms. The smallest absolute Gasteiger partial charge is 0.270 e. The molecule has 3 aromatic carbocycles. The molecule has 2 heterocycles. The van der Waals surface area contributed by atoms with Crippen molar-refractivity contribution in [2.75, 3.05) is 35.2 Å². The third-order valence-corrected chi connectivity index (χ3v) is 7.95. The number of hydrogen-bond donors (Lipinski definition) is 2. The average Bonchev–Trinajstić information content (AvgIpc) is 3.20. The van der Waals surface area contributed by atoms with Gasteiger partial charge in [-0.1, -0.05) is 42.5 Å². The number of benzene rings is 3. The highest BCUT2D eigenvalue weighted by Crippen LogP contribution is 2.39. The monoisotopic (exact) mass is 504 g/mol. The highest BCUT2D eigenvalue weighted by atomic mass is 32.2. The molecule has 1 saturated heterocycles. The van der Waals surface area contributed by atoms with Crippen LogP contribution in [0.5, 0.6) is 0 Å². The van der Waals surface area contributed by atoms with Gasteiger partial charge >= 0.3 is 0 Å². The Morgan fingerprint density at radius 2 is 1.69 bits per heavy atom. The average molecular weight is 505 g/mol. The van der Waals surface area contributed by atoms with Crippen LogP contribution in [0.15, 0.2) is 72.8 Å². The van der Waals surface area contributed by atoms with Gasteiger partial charge in [-0.15, -0.1) is 0 Å². The SMILES string of the molecule is O=C1Nc2ccc([N+](=O)[O-])cc2C1=C(Nc1ccc(CN2CCS(=O)(=O)CC2)cc1)c1ccccc1. The van der Waals surface area contributed by atoms with Crippen molar-refractivity contribution in [2.45, 2.75) is 6.54 Å². The zero-order valence-corrected chi connectivity index (χ0v) is 20.1. The number of rotatable bonds is 6. The van der Waals surface area contributed by atoms with Crippen LogP contribution >= 0.6 is 0 Å². The predicted octanol–water partition coefficient (Wildman–Crippen LogP) is 3.76. The maximum absolute atomic E-state index is 13.0. The molecule has 184 valence electrons. The Morgan fingerprint density at radius 1 is 1.00 bits per heavy atom. The van der Waals surface area contributed by atoms with Gasteiger partial charge in [0.05, 0.1) is 27.7 Å². The van der Waals surface area contributed by atoms with Gasteiger partial charge < -0.3 is 10.6 Å². The van der Waals surface area contributed by atoms with Gasteiger partial charge in [-0.3, -0.25) is 19.8 Å². The molecular weight excluding hydrogens is 480 g/mol. The minimum absolute atomic E-state index is 0.0926. The van der Waals surface area contributed by atoms with E-state index >= 15 is 0 Å². The summed E-state index contributed by atoms with van der Waals surface area (Å²) in [4.78, 5) is 26.0. The molecule has 0 saturated carbocycles. The van der Waals surface area contributed by atoms with Crippen molar-refractivity contribution in [1.29, 1.82) is 0 Å². The fourth-order valence-corrected chi connectivity index (χ4v) is 5.68. The summed E-state index contributed by atoms with van der Waals surface area (Å²) in [5.74, 6) is 0.0264. The van der Waals surface area contributed by atoms with Crippen LogP contribution in [-0.4, -0.2) is 48.7 Å². The molecule has 1 fully saturated rings. The normalized spacial score (nSPS) is 18.3. The number of non-ortho nitro benzene ring substituents is 1. The van der Waals surface area contributed by atoms with Crippen molar-refractivity contribution >= 4 is 44.1 Å². The second kappa shape index (κ2) is 9.56. The van der Waals surface area contributed by atoms with Crippen LogP contribution in [0, 0.1) is 10.1 Å². The fraction of sp³-hybridized carbons (Fsp3) is 0.192. The molecule has 0 radical (unpaired) electrons. The first-order chi connectivity index (χ1) is 17.3. The summed E-state index contributed by atoms with van der Waals surface area (Å²) in [5.41, 5.74) is 4.34. The molecule has 2 N–H and O–H groups in total. The van der Waals surface area contributed by atoms with Crippen LogP contribution in [0.3, 0.4) is 0 Å². The molecule has 36 heavy (non-hydrogen) atoms. The van der Waals surface area contributed by atoms with Crippen LogP contribution in [0.25, 0.3) is 11.3 Å². The Morgan fingerprint density at radius 3 is 2.36 bits per heavy atom. The fourth-order valence-electron chi connectivity index (χ4n) is 4.41. The number of nitro groups is 1. The van der Waals surface area contributed by atoms with Crippen molar-refractivity contribution in [1.82, 2.24) is 4.90 Å². The number of nitrogens with one attached hydrogen (secondary N) is 2. The molecule has 0 aliphatic carbocycles. The molecular formula is C26H24N4O5S.